The molecule has 0 amide bonds. The molecule has 2 aromatic carbocycles. The third kappa shape index (κ3) is 5.66. The lowest BCUT2D eigenvalue weighted by Gasteiger charge is -2.35. The first-order valence-corrected chi connectivity index (χ1v) is 10.4. The van der Waals surface area contributed by atoms with Crippen LogP contribution in [0.25, 0.3) is 0 Å². The number of nitrogens with zero attached hydrogens (tertiary/aromatic N) is 3. The fourth-order valence-electron chi connectivity index (χ4n) is 3.72. The van der Waals surface area contributed by atoms with Crippen LogP contribution >= 0.6 is 0 Å². The van der Waals surface area contributed by atoms with E-state index >= 15 is 0 Å². The Morgan fingerprint density at radius 2 is 1.48 bits per heavy atom. The second-order valence-electron chi connectivity index (χ2n) is 7.73. The fourth-order valence-corrected chi connectivity index (χ4v) is 3.72. The first-order chi connectivity index (χ1) is 14.3. The van der Waals surface area contributed by atoms with Crippen molar-refractivity contribution < 1.29 is 4.74 Å². The molecule has 4 nitrogen and oxygen atoms in total. The van der Waals surface area contributed by atoms with Crippen molar-refractivity contribution in [3.8, 4) is 5.75 Å². The van der Waals surface area contributed by atoms with Gasteiger partial charge in [0.1, 0.15) is 12.4 Å². The Kier molecular flexibility index (Phi) is 6.55. The second-order valence-corrected chi connectivity index (χ2v) is 7.73. The summed E-state index contributed by atoms with van der Waals surface area (Å²) in [6, 6.07) is 23.1. The fraction of sp³-hybridized carbons (Fsp3) is 0.320. The van der Waals surface area contributed by atoms with Gasteiger partial charge in [-0.05, 0) is 47.9 Å². The van der Waals surface area contributed by atoms with Crippen molar-refractivity contribution in [1.29, 1.82) is 0 Å². The summed E-state index contributed by atoms with van der Waals surface area (Å²) in [6.45, 7) is 9.24. The molecule has 0 unspecified atom stereocenters. The first kappa shape index (κ1) is 19.6. The summed E-state index contributed by atoms with van der Waals surface area (Å²) in [6.07, 6.45) is 1.79. The van der Waals surface area contributed by atoms with E-state index in [0.29, 0.717) is 6.61 Å². The van der Waals surface area contributed by atoms with Crippen molar-refractivity contribution in [1.82, 2.24) is 14.8 Å². The molecule has 1 aromatic heterocycles. The normalized spacial score (nSPS) is 15.3. The Morgan fingerprint density at radius 1 is 0.793 bits per heavy atom. The SMILES string of the molecule is Cc1ccccc1CN1CCN(Cc2ccc(OCc3ccccn3)cc2)CC1. The Balaban J connectivity index is 1.22. The average Bonchev–Trinajstić information content (AvgIpc) is 2.77. The predicted molar refractivity (Wildman–Crippen MR) is 117 cm³/mol. The van der Waals surface area contributed by atoms with Crippen LogP contribution < -0.4 is 4.74 Å². The highest BCUT2D eigenvalue weighted by Gasteiger charge is 2.17. The topological polar surface area (TPSA) is 28.6 Å². The summed E-state index contributed by atoms with van der Waals surface area (Å²) in [7, 11) is 0. The summed E-state index contributed by atoms with van der Waals surface area (Å²) in [5.41, 5.74) is 5.12. The molecule has 4 heteroatoms. The largest absolute Gasteiger partial charge is 0.487 e. The van der Waals surface area contributed by atoms with E-state index in [1.165, 1.54) is 16.7 Å². The van der Waals surface area contributed by atoms with Crippen LogP contribution in [0.5, 0.6) is 5.75 Å². The van der Waals surface area contributed by atoms with Crippen molar-refractivity contribution in [2.45, 2.75) is 26.6 Å². The van der Waals surface area contributed by atoms with Gasteiger partial charge < -0.3 is 4.74 Å². The molecule has 4 rings (SSSR count). The summed E-state index contributed by atoms with van der Waals surface area (Å²) < 4.78 is 5.83. The Bertz CT molecular complexity index is 887. The Labute approximate surface area is 173 Å². The molecular formula is C25H29N3O. The monoisotopic (exact) mass is 387 g/mol. The summed E-state index contributed by atoms with van der Waals surface area (Å²) in [5.74, 6) is 0.891. The van der Waals surface area contributed by atoms with Crippen LogP contribution in [0.15, 0.2) is 72.9 Å². The van der Waals surface area contributed by atoms with Gasteiger partial charge in [0, 0.05) is 45.5 Å². The zero-order chi connectivity index (χ0) is 19.9. The molecule has 0 radical (unpaired) electrons. The number of hydrogen-bond acceptors (Lipinski definition) is 4. The zero-order valence-electron chi connectivity index (χ0n) is 17.1. The Morgan fingerprint density at radius 3 is 2.17 bits per heavy atom. The minimum atomic E-state index is 0.503. The molecule has 0 atom stereocenters. The number of benzene rings is 2. The third-order valence-corrected chi connectivity index (χ3v) is 5.56. The average molecular weight is 388 g/mol. The lowest BCUT2D eigenvalue weighted by Crippen LogP contribution is -2.45. The minimum absolute atomic E-state index is 0.503. The number of aromatic nitrogens is 1. The lowest BCUT2D eigenvalue weighted by molar-refractivity contribution is 0.122. The molecule has 2 heterocycles. The zero-order valence-corrected chi connectivity index (χ0v) is 17.1. The van der Waals surface area contributed by atoms with Gasteiger partial charge in [-0.15, -0.1) is 0 Å². The van der Waals surface area contributed by atoms with E-state index < -0.39 is 0 Å². The highest BCUT2D eigenvalue weighted by Crippen LogP contribution is 2.17. The van der Waals surface area contributed by atoms with Crippen molar-refractivity contribution in [3.63, 3.8) is 0 Å². The molecule has 150 valence electrons. The second kappa shape index (κ2) is 9.68. The van der Waals surface area contributed by atoms with Crippen molar-refractivity contribution in [2.75, 3.05) is 26.2 Å². The van der Waals surface area contributed by atoms with Gasteiger partial charge in [0.15, 0.2) is 0 Å². The maximum Gasteiger partial charge on any atom is 0.130 e. The van der Waals surface area contributed by atoms with Gasteiger partial charge in [0.05, 0.1) is 5.69 Å². The van der Waals surface area contributed by atoms with Crippen LogP contribution in [0.1, 0.15) is 22.4 Å². The van der Waals surface area contributed by atoms with E-state index in [2.05, 4.69) is 70.2 Å². The maximum absolute atomic E-state index is 5.83. The Hall–Kier alpha value is -2.69. The number of aryl methyl sites for hydroxylation is 1. The highest BCUT2D eigenvalue weighted by atomic mass is 16.5. The molecule has 1 saturated heterocycles. The van der Waals surface area contributed by atoms with Crippen LogP contribution in [-0.2, 0) is 19.7 Å². The van der Waals surface area contributed by atoms with Gasteiger partial charge in [-0.3, -0.25) is 14.8 Å². The number of pyridine rings is 1. The predicted octanol–water partition coefficient (Wildman–Crippen LogP) is 4.29. The lowest BCUT2D eigenvalue weighted by atomic mass is 10.1. The van der Waals surface area contributed by atoms with E-state index in [0.717, 1.165) is 50.7 Å². The van der Waals surface area contributed by atoms with E-state index in [1.807, 2.05) is 18.2 Å². The number of rotatable bonds is 7. The molecule has 0 bridgehead atoms. The van der Waals surface area contributed by atoms with E-state index in [4.69, 9.17) is 4.74 Å². The molecule has 1 aliphatic heterocycles. The molecule has 0 N–H and O–H groups in total. The molecule has 0 saturated carbocycles. The maximum atomic E-state index is 5.83. The quantitative estimate of drug-likeness (QED) is 0.605. The van der Waals surface area contributed by atoms with Crippen LogP contribution in [0.2, 0.25) is 0 Å². The van der Waals surface area contributed by atoms with E-state index in [1.54, 1.807) is 6.20 Å². The van der Waals surface area contributed by atoms with Crippen molar-refractivity contribution in [3.05, 3.63) is 95.3 Å². The van der Waals surface area contributed by atoms with E-state index in [9.17, 15) is 0 Å². The number of ether oxygens (including phenoxy) is 1. The van der Waals surface area contributed by atoms with Crippen molar-refractivity contribution in [2.24, 2.45) is 0 Å². The molecule has 0 spiro atoms. The molecule has 1 fully saturated rings. The van der Waals surface area contributed by atoms with E-state index in [-0.39, 0.29) is 0 Å². The van der Waals surface area contributed by atoms with Crippen LogP contribution in [0.3, 0.4) is 0 Å². The van der Waals surface area contributed by atoms with Gasteiger partial charge in [-0.25, -0.2) is 0 Å². The van der Waals surface area contributed by atoms with Gasteiger partial charge in [0.25, 0.3) is 0 Å². The molecule has 0 aliphatic carbocycles. The van der Waals surface area contributed by atoms with Gasteiger partial charge in [0.2, 0.25) is 0 Å². The van der Waals surface area contributed by atoms with Gasteiger partial charge in [-0.2, -0.15) is 0 Å². The molecule has 29 heavy (non-hydrogen) atoms. The van der Waals surface area contributed by atoms with Gasteiger partial charge >= 0.3 is 0 Å². The molecule has 1 aliphatic rings. The number of piperazine rings is 1. The molecular weight excluding hydrogens is 358 g/mol. The first-order valence-electron chi connectivity index (χ1n) is 10.4. The van der Waals surface area contributed by atoms with Crippen molar-refractivity contribution >= 4 is 0 Å². The molecule has 3 aromatic rings. The summed E-state index contributed by atoms with van der Waals surface area (Å²) in [4.78, 5) is 9.39. The van der Waals surface area contributed by atoms with Crippen LogP contribution in [0.4, 0.5) is 0 Å². The number of hydrogen-bond donors (Lipinski definition) is 0. The standard InChI is InChI=1S/C25H29N3O/c1-21-6-2-3-7-23(21)19-28-16-14-27(15-17-28)18-22-9-11-25(12-10-22)29-20-24-8-4-5-13-26-24/h2-13H,14-20H2,1H3. The summed E-state index contributed by atoms with van der Waals surface area (Å²) >= 11 is 0. The summed E-state index contributed by atoms with van der Waals surface area (Å²) in [5, 5.41) is 0. The van der Waals surface area contributed by atoms with Gasteiger partial charge in [-0.1, -0.05) is 42.5 Å². The van der Waals surface area contributed by atoms with Crippen LogP contribution in [0, 0.1) is 6.92 Å². The highest BCUT2D eigenvalue weighted by molar-refractivity contribution is 5.28. The minimum Gasteiger partial charge on any atom is -0.487 e. The third-order valence-electron chi connectivity index (χ3n) is 5.56. The van der Waals surface area contributed by atoms with Crippen LogP contribution in [-0.4, -0.2) is 41.0 Å². The smallest absolute Gasteiger partial charge is 0.130 e.